The van der Waals surface area contributed by atoms with E-state index in [1.807, 2.05) is 48.9 Å². The summed E-state index contributed by atoms with van der Waals surface area (Å²) in [6, 6.07) is 15.7. The fraction of sp³-hybridized carbons (Fsp3) is 0.154. The van der Waals surface area contributed by atoms with Crippen LogP contribution in [0.2, 0.25) is 0 Å². The monoisotopic (exact) mass is 521 g/mol. The molecule has 0 saturated carbocycles. The van der Waals surface area contributed by atoms with E-state index in [2.05, 4.69) is 5.32 Å². The summed E-state index contributed by atoms with van der Waals surface area (Å²) in [7, 11) is 0. The molecule has 3 aromatic rings. The first-order valence-electron chi connectivity index (χ1n) is 10.9. The van der Waals surface area contributed by atoms with E-state index >= 15 is 0 Å². The normalized spacial score (nSPS) is 14.5. The maximum absolute atomic E-state index is 13.0. The molecule has 8 nitrogen and oxygen atoms in total. The summed E-state index contributed by atoms with van der Waals surface area (Å²) < 4.78 is 1.94. The van der Waals surface area contributed by atoms with Gasteiger partial charge in [-0.1, -0.05) is 6.07 Å². The van der Waals surface area contributed by atoms with Gasteiger partial charge >= 0.3 is 5.97 Å². The molecule has 0 aliphatic carbocycles. The number of carbonyl (C=O) groups excluding carboxylic acids is 3. The van der Waals surface area contributed by atoms with Crippen LogP contribution >= 0.6 is 23.5 Å². The summed E-state index contributed by atoms with van der Waals surface area (Å²) in [6.07, 6.45) is 3.58. The van der Waals surface area contributed by atoms with Crippen LogP contribution in [0.25, 0.3) is 11.8 Å². The molecule has 1 aliphatic heterocycles. The molecule has 0 radical (unpaired) electrons. The van der Waals surface area contributed by atoms with Gasteiger partial charge in [0.15, 0.2) is 0 Å². The minimum absolute atomic E-state index is 0.191. The van der Waals surface area contributed by atoms with Gasteiger partial charge in [-0.15, -0.1) is 11.8 Å². The van der Waals surface area contributed by atoms with Crippen LogP contribution in [0.3, 0.4) is 0 Å². The SMILES string of the molecule is CSc1cccc(NC(=O)CN2C(=O)S/C(=C/c3cc(C)n(-c4ccc(C(=O)O)cc4)c3C)C2=O)c1. The van der Waals surface area contributed by atoms with Crippen molar-refractivity contribution in [2.45, 2.75) is 18.7 Å². The van der Waals surface area contributed by atoms with Crippen molar-refractivity contribution in [1.29, 1.82) is 0 Å². The Morgan fingerprint density at radius 2 is 1.81 bits per heavy atom. The topological polar surface area (TPSA) is 109 Å². The Hall–Kier alpha value is -3.76. The molecule has 10 heteroatoms. The summed E-state index contributed by atoms with van der Waals surface area (Å²) in [6.45, 7) is 3.41. The fourth-order valence-electron chi connectivity index (χ4n) is 3.91. The zero-order valence-electron chi connectivity index (χ0n) is 19.8. The molecule has 0 spiro atoms. The average Bonchev–Trinajstić information content (AvgIpc) is 3.28. The lowest BCUT2D eigenvalue weighted by atomic mass is 10.2. The number of hydrogen-bond donors (Lipinski definition) is 2. The first kappa shape index (κ1) is 25.3. The Labute approximate surface area is 216 Å². The number of carboxylic acids is 1. The van der Waals surface area contributed by atoms with E-state index in [0.29, 0.717) is 5.69 Å². The third-order valence-corrected chi connectivity index (χ3v) is 7.29. The lowest BCUT2D eigenvalue weighted by Gasteiger charge is -2.12. The molecule has 184 valence electrons. The number of aryl methyl sites for hydroxylation is 1. The molecular weight excluding hydrogens is 498 g/mol. The largest absolute Gasteiger partial charge is 0.478 e. The first-order valence-corrected chi connectivity index (χ1v) is 12.9. The first-order chi connectivity index (χ1) is 17.2. The van der Waals surface area contributed by atoms with Gasteiger partial charge in [0.1, 0.15) is 6.54 Å². The van der Waals surface area contributed by atoms with E-state index in [9.17, 15) is 19.2 Å². The van der Waals surface area contributed by atoms with Crippen molar-refractivity contribution in [3.05, 3.63) is 82.0 Å². The van der Waals surface area contributed by atoms with Gasteiger partial charge in [0.05, 0.1) is 10.5 Å². The number of carboxylic acid groups (broad SMARTS) is 1. The minimum atomic E-state index is -0.999. The van der Waals surface area contributed by atoms with Crippen molar-refractivity contribution in [2.75, 3.05) is 18.1 Å². The molecule has 2 aromatic carbocycles. The summed E-state index contributed by atoms with van der Waals surface area (Å²) in [5.74, 6) is -1.98. The van der Waals surface area contributed by atoms with Crippen LogP contribution in [0, 0.1) is 13.8 Å². The number of benzene rings is 2. The predicted molar refractivity (Wildman–Crippen MR) is 142 cm³/mol. The molecule has 0 unspecified atom stereocenters. The quantitative estimate of drug-likeness (QED) is 0.325. The second-order valence-corrected chi connectivity index (χ2v) is 9.93. The second-order valence-electron chi connectivity index (χ2n) is 8.06. The smallest absolute Gasteiger partial charge is 0.335 e. The highest BCUT2D eigenvalue weighted by Crippen LogP contribution is 2.34. The van der Waals surface area contributed by atoms with Crippen LogP contribution in [0.1, 0.15) is 27.3 Å². The van der Waals surface area contributed by atoms with E-state index in [4.69, 9.17) is 5.11 Å². The molecule has 1 aromatic heterocycles. The zero-order chi connectivity index (χ0) is 26.0. The van der Waals surface area contributed by atoms with Crippen molar-refractivity contribution in [1.82, 2.24) is 9.47 Å². The Morgan fingerprint density at radius 3 is 2.47 bits per heavy atom. The molecule has 0 atom stereocenters. The third-order valence-electron chi connectivity index (χ3n) is 5.66. The van der Waals surface area contributed by atoms with Gasteiger partial charge in [-0.2, -0.15) is 0 Å². The lowest BCUT2D eigenvalue weighted by molar-refractivity contribution is -0.127. The minimum Gasteiger partial charge on any atom is -0.478 e. The van der Waals surface area contributed by atoms with E-state index in [0.717, 1.165) is 44.2 Å². The van der Waals surface area contributed by atoms with Crippen molar-refractivity contribution >= 4 is 58.3 Å². The van der Waals surface area contributed by atoms with Crippen LogP contribution < -0.4 is 5.32 Å². The average molecular weight is 522 g/mol. The van der Waals surface area contributed by atoms with Crippen molar-refractivity contribution < 1.29 is 24.3 Å². The van der Waals surface area contributed by atoms with E-state index in [-0.39, 0.29) is 17.0 Å². The summed E-state index contributed by atoms with van der Waals surface area (Å²) in [5, 5.41) is 11.4. The maximum atomic E-state index is 13.0. The molecular formula is C26H23N3O5S2. The number of nitrogens with zero attached hydrogens (tertiary/aromatic N) is 2. The summed E-state index contributed by atoms with van der Waals surface area (Å²) in [5.41, 5.74) is 4.03. The van der Waals surface area contributed by atoms with Gasteiger partial charge in [0.2, 0.25) is 5.91 Å². The van der Waals surface area contributed by atoms with Gasteiger partial charge in [-0.05, 0) is 92.0 Å². The molecule has 1 aliphatic rings. The molecule has 36 heavy (non-hydrogen) atoms. The number of carbonyl (C=O) groups is 4. The number of rotatable bonds is 7. The number of aromatic carboxylic acids is 1. The van der Waals surface area contributed by atoms with E-state index in [1.165, 1.54) is 12.1 Å². The fourth-order valence-corrected chi connectivity index (χ4v) is 5.20. The van der Waals surface area contributed by atoms with Crippen LogP contribution in [0.15, 0.2) is 64.4 Å². The number of hydrogen-bond acceptors (Lipinski definition) is 6. The van der Waals surface area contributed by atoms with Gasteiger partial charge in [-0.25, -0.2) is 4.79 Å². The standard InChI is InChI=1S/C26H23N3O5S2/c1-15-11-18(16(2)29(15)20-9-7-17(8-10-20)25(32)33)12-22-24(31)28(26(34)36-22)14-23(30)27-19-5-4-6-21(13-19)35-3/h4-13H,14H2,1-3H3,(H,27,30)(H,32,33)/b22-12+. The Kier molecular flexibility index (Phi) is 7.37. The Morgan fingerprint density at radius 1 is 1.08 bits per heavy atom. The molecule has 3 amide bonds. The Balaban J connectivity index is 1.51. The van der Waals surface area contributed by atoms with E-state index < -0.39 is 23.0 Å². The molecule has 1 saturated heterocycles. The number of aromatic nitrogens is 1. The van der Waals surface area contributed by atoms with Gasteiger partial charge < -0.3 is 15.0 Å². The molecule has 1 fully saturated rings. The zero-order valence-corrected chi connectivity index (χ0v) is 21.4. The highest BCUT2D eigenvalue weighted by Gasteiger charge is 2.36. The molecule has 2 N–H and O–H groups in total. The molecule has 2 heterocycles. The Bertz CT molecular complexity index is 1410. The van der Waals surface area contributed by atoms with Crippen LogP contribution in [0.4, 0.5) is 10.5 Å². The lowest BCUT2D eigenvalue weighted by Crippen LogP contribution is -2.36. The van der Waals surface area contributed by atoms with Crippen LogP contribution in [-0.2, 0) is 9.59 Å². The maximum Gasteiger partial charge on any atom is 0.335 e. The number of amides is 3. The summed E-state index contributed by atoms with van der Waals surface area (Å²) >= 11 is 2.34. The second kappa shape index (κ2) is 10.5. The highest BCUT2D eigenvalue weighted by atomic mass is 32.2. The van der Waals surface area contributed by atoms with Crippen molar-refractivity contribution in [3.8, 4) is 5.69 Å². The third kappa shape index (κ3) is 5.24. The van der Waals surface area contributed by atoms with Gasteiger partial charge in [0, 0.05) is 27.7 Å². The van der Waals surface area contributed by atoms with Crippen LogP contribution in [-0.4, -0.2) is 50.4 Å². The number of thioether (sulfide) groups is 2. The molecule has 4 rings (SSSR count). The van der Waals surface area contributed by atoms with E-state index in [1.54, 1.807) is 36.0 Å². The summed E-state index contributed by atoms with van der Waals surface area (Å²) in [4.78, 5) is 51.3. The number of imide groups is 1. The predicted octanol–water partition coefficient (Wildman–Crippen LogP) is 5.19. The van der Waals surface area contributed by atoms with Crippen LogP contribution in [0.5, 0.6) is 0 Å². The number of anilines is 1. The highest BCUT2D eigenvalue weighted by molar-refractivity contribution is 8.18. The number of nitrogens with one attached hydrogen (secondary N) is 1. The van der Waals surface area contributed by atoms with Crippen molar-refractivity contribution in [3.63, 3.8) is 0 Å². The van der Waals surface area contributed by atoms with Crippen molar-refractivity contribution in [2.24, 2.45) is 0 Å². The molecule has 0 bridgehead atoms. The van der Waals surface area contributed by atoms with Gasteiger partial charge in [0.25, 0.3) is 11.1 Å². The van der Waals surface area contributed by atoms with Gasteiger partial charge in [-0.3, -0.25) is 19.3 Å².